The Bertz CT molecular complexity index is 140. The van der Waals surface area contributed by atoms with Crippen molar-refractivity contribution in [1.29, 1.82) is 0 Å². The molecule has 3 fully saturated rings. The number of fused-ring (bicyclic) bond motifs is 3. The van der Waals surface area contributed by atoms with Crippen molar-refractivity contribution in [3.8, 4) is 0 Å². The van der Waals surface area contributed by atoms with E-state index in [-0.39, 0.29) is 12.2 Å². The molecule has 2 bridgehead atoms. The standard InChI is InChI=1S/C9H16O2/c1-8-2-4-9(6-10,5-3-8)11-7-8/h10H,2-7H2,1H3. The van der Waals surface area contributed by atoms with Crippen LogP contribution in [0.3, 0.4) is 0 Å². The lowest BCUT2D eigenvalue weighted by atomic mass is 9.67. The van der Waals surface area contributed by atoms with Crippen LogP contribution in [-0.2, 0) is 4.74 Å². The second kappa shape index (κ2) is 2.20. The Balaban J connectivity index is 2.12. The molecule has 2 saturated heterocycles. The second-order valence-corrected chi connectivity index (χ2v) is 4.44. The van der Waals surface area contributed by atoms with E-state index in [0.717, 1.165) is 19.4 Å². The molecule has 3 rings (SSSR count). The van der Waals surface area contributed by atoms with Gasteiger partial charge in [-0.2, -0.15) is 0 Å². The third-order valence-corrected chi connectivity index (χ3v) is 3.38. The molecule has 2 heterocycles. The van der Waals surface area contributed by atoms with Crippen LogP contribution in [0.2, 0.25) is 0 Å². The monoisotopic (exact) mass is 156 g/mol. The van der Waals surface area contributed by atoms with Gasteiger partial charge in [-0.05, 0) is 31.1 Å². The Kier molecular flexibility index (Phi) is 1.52. The van der Waals surface area contributed by atoms with E-state index >= 15 is 0 Å². The Morgan fingerprint density at radius 2 is 1.91 bits per heavy atom. The molecule has 0 radical (unpaired) electrons. The first kappa shape index (κ1) is 7.56. The summed E-state index contributed by atoms with van der Waals surface area (Å²) in [5.74, 6) is 0. The summed E-state index contributed by atoms with van der Waals surface area (Å²) in [5, 5.41) is 9.13. The van der Waals surface area contributed by atoms with Crippen molar-refractivity contribution < 1.29 is 9.84 Å². The topological polar surface area (TPSA) is 29.5 Å². The van der Waals surface area contributed by atoms with Gasteiger partial charge >= 0.3 is 0 Å². The normalized spacial score (nSPS) is 49.6. The fourth-order valence-electron chi connectivity index (χ4n) is 2.13. The van der Waals surface area contributed by atoms with Gasteiger partial charge in [0.05, 0.1) is 18.8 Å². The fraction of sp³-hybridized carbons (Fsp3) is 1.00. The molecule has 1 aliphatic carbocycles. The van der Waals surface area contributed by atoms with Gasteiger partial charge in [0.1, 0.15) is 0 Å². The first-order valence-corrected chi connectivity index (χ1v) is 4.43. The van der Waals surface area contributed by atoms with Crippen molar-refractivity contribution in [1.82, 2.24) is 0 Å². The molecule has 0 aromatic carbocycles. The first-order valence-electron chi connectivity index (χ1n) is 4.43. The largest absolute Gasteiger partial charge is 0.393 e. The molecule has 0 aromatic heterocycles. The SMILES string of the molecule is CC12CCC(CO)(CC1)OC2. The summed E-state index contributed by atoms with van der Waals surface area (Å²) in [7, 11) is 0. The Hall–Kier alpha value is -0.0800. The van der Waals surface area contributed by atoms with Crippen LogP contribution in [0.25, 0.3) is 0 Å². The zero-order valence-corrected chi connectivity index (χ0v) is 7.10. The number of aliphatic hydroxyl groups is 1. The van der Waals surface area contributed by atoms with E-state index in [1.165, 1.54) is 12.8 Å². The van der Waals surface area contributed by atoms with E-state index in [9.17, 15) is 0 Å². The minimum absolute atomic E-state index is 0.141. The highest BCUT2D eigenvalue weighted by Gasteiger charge is 2.46. The lowest BCUT2D eigenvalue weighted by molar-refractivity contribution is -0.193. The molecule has 0 unspecified atom stereocenters. The van der Waals surface area contributed by atoms with Gasteiger partial charge in [0.15, 0.2) is 0 Å². The summed E-state index contributed by atoms with van der Waals surface area (Å²) in [6.07, 6.45) is 4.57. The van der Waals surface area contributed by atoms with Gasteiger partial charge in [0.2, 0.25) is 0 Å². The average Bonchev–Trinajstić information content (AvgIpc) is 2.07. The molecule has 0 aromatic rings. The third kappa shape index (κ3) is 1.09. The van der Waals surface area contributed by atoms with Crippen molar-refractivity contribution >= 4 is 0 Å². The minimum Gasteiger partial charge on any atom is -0.393 e. The maximum absolute atomic E-state index is 9.13. The molecule has 3 aliphatic rings. The van der Waals surface area contributed by atoms with Crippen LogP contribution in [0.1, 0.15) is 32.6 Å². The number of hydrogen-bond donors (Lipinski definition) is 1. The van der Waals surface area contributed by atoms with Gasteiger partial charge in [0, 0.05) is 0 Å². The average molecular weight is 156 g/mol. The summed E-state index contributed by atoms with van der Waals surface area (Å²) in [6, 6.07) is 0. The number of aliphatic hydroxyl groups excluding tert-OH is 1. The van der Waals surface area contributed by atoms with Crippen LogP contribution in [-0.4, -0.2) is 23.9 Å². The number of rotatable bonds is 1. The van der Waals surface area contributed by atoms with Crippen molar-refractivity contribution in [2.45, 2.75) is 38.2 Å². The molecule has 0 amide bonds. The Labute approximate surface area is 67.6 Å². The van der Waals surface area contributed by atoms with Gasteiger partial charge in [-0.3, -0.25) is 0 Å². The molecule has 1 saturated carbocycles. The van der Waals surface area contributed by atoms with Crippen molar-refractivity contribution in [3.63, 3.8) is 0 Å². The minimum atomic E-state index is -0.141. The van der Waals surface area contributed by atoms with E-state index in [4.69, 9.17) is 9.84 Å². The zero-order chi connectivity index (χ0) is 7.95. The molecule has 1 N–H and O–H groups in total. The molecular formula is C9H16O2. The highest BCUT2D eigenvalue weighted by atomic mass is 16.5. The van der Waals surface area contributed by atoms with E-state index in [1.807, 2.05) is 0 Å². The summed E-state index contributed by atoms with van der Waals surface area (Å²) in [6.45, 7) is 3.35. The van der Waals surface area contributed by atoms with E-state index in [2.05, 4.69) is 6.92 Å². The van der Waals surface area contributed by atoms with Crippen molar-refractivity contribution in [2.75, 3.05) is 13.2 Å². The van der Waals surface area contributed by atoms with Crippen LogP contribution < -0.4 is 0 Å². The summed E-state index contributed by atoms with van der Waals surface area (Å²) >= 11 is 0. The maximum Gasteiger partial charge on any atom is 0.0912 e. The summed E-state index contributed by atoms with van der Waals surface area (Å²) < 4.78 is 5.67. The number of hydrogen-bond acceptors (Lipinski definition) is 2. The molecule has 2 aliphatic heterocycles. The third-order valence-electron chi connectivity index (χ3n) is 3.38. The lowest BCUT2D eigenvalue weighted by Gasteiger charge is -2.51. The van der Waals surface area contributed by atoms with Gasteiger partial charge in [-0.25, -0.2) is 0 Å². The van der Waals surface area contributed by atoms with Gasteiger partial charge in [0.25, 0.3) is 0 Å². The molecule has 64 valence electrons. The lowest BCUT2D eigenvalue weighted by Crippen LogP contribution is -2.51. The first-order chi connectivity index (χ1) is 5.18. The smallest absolute Gasteiger partial charge is 0.0912 e. The molecule has 2 nitrogen and oxygen atoms in total. The Morgan fingerprint density at radius 1 is 1.27 bits per heavy atom. The maximum atomic E-state index is 9.13. The predicted octanol–water partition coefficient (Wildman–Crippen LogP) is 1.33. The second-order valence-electron chi connectivity index (χ2n) is 4.44. The van der Waals surface area contributed by atoms with Crippen LogP contribution in [0, 0.1) is 5.41 Å². The number of ether oxygens (including phenoxy) is 1. The van der Waals surface area contributed by atoms with E-state index < -0.39 is 0 Å². The van der Waals surface area contributed by atoms with Gasteiger partial charge in [-0.1, -0.05) is 6.92 Å². The van der Waals surface area contributed by atoms with Crippen LogP contribution in [0.5, 0.6) is 0 Å². The van der Waals surface area contributed by atoms with E-state index in [1.54, 1.807) is 0 Å². The van der Waals surface area contributed by atoms with Gasteiger partial charge < -0.3 is 9.84 Å². The highest BCUT2D eigenvalue weighted by molar-refractivity contribution is 4.96. The molecule has 0 spiro atoms. The fourth-order valence-corrected chi connectivity index (χ4v) is 2.13. The van der Waals surface area contributed by atoms with Gasteiger partial charge in [-0.15, -0.1) is 0 Å². The van der Waals surface area contributed by atoms with Crippen molar-refractivity contribution in [2.24, 2.45) is 5.41 Å². The highest BCUT2D eigenvalue weighted by Crippen LogP contribution is 2.48. The quantitative estimate of drug-likeness (QED) is 0.620. The molecular weight excluding hydrogens is 140 g/mol. The van der Waals surface area contributed by atoms with Crippen molar-refractivity contribution in [3.05, 3.63) is 0 Å². The van der Waals surface area contributed by atoms with Crippen LogP contribution in [0.15, 0.2) is 0 Å². The zero-order valence-electron chi connectivity index (χ0n) is 7.10. The van der Waals surface area contributed by atoms with Crippen LogP contribution >= 0.6 is 0 Å². The summed E-state index contributed by atoms with van der Waals surface area (Å²) in [4.78, 5) is 0. The molecule has 0 atom stereocenters. The Morgan fingerprint density at radius 3 is 2.27 bits per heavy atom. The van der Waals surface area contributed by atoms with E-state index in [0.29, 0.717) is 5.41 Å². The predicted molar refractivity (Wildman–Crippen MR) is 42.3 cm³/mol. The van der Waals surface area contributed by atoms with Crippen LogP contribution in [0.4, 0.5) is 0 Å². The molecule has 11 heavy (non-hydrogen) atoms. The molecule has 2 heteroatoms. The summed E-state index contributed by atoms with van der Waals surface area (Å²) in [5.41, 5.74) is 0.286.